The Kier molecular flexibility index (Phi) is 2.23. The zero-order valence-electron chi connectivity index (χ0n) is 8.09. The number of hydrogen-bond donors (Lipinski definition) is 0. The molecular formula is C11H11ClFN. The molecule has 1 aromatic carbocycles. The van der Waals surface area contributed by atoms with Gasteiger partial charge in [0.2, 0.25) is 0 Å². The Hall–Kier alpha value is -1.02. The molecule has 0 saturated carbocycles. The number of benzene rings is 1. The Balaban J connectivity index is 2.77. The molecule has 1 nitrogen and oxygen atoms in total. The normalized spacial score (nSPS) is 11.5. The molecule has 1 aromatic heterocycles. The molecule has 0 atom stereocenters. The molecule has 0 aliphatic heterocycles. The first kappa shape index (κ1) is 9.53. The average Bonchev–Trinajstić information content (AvgIpc) is 2.44. The molecule has 74 valence electrons. The van der Waals surface area contributed by atoms with E-state index in [0.29, 0.717) is 11.1 Å². The summed E-state index contributed by atoms with van der Waals surface area (Å²) in [6.07, 6.45) is 1.84. The molecule has 2 rings (SSSR count). The molecule has 2 aromatic rings. The van der Waals surface area contributed by atoms with Gasteiger partial charge in [0.25, 0.3) is 0 Å². The minimum Gasteiger partial charge on any atom is -0.343 e. The Bertz CT molecular complexity index is 473. The van der Waals surface area contributed by atoms with Crippen molar-refractivity contribution in [2.45, 2.75) is 19.9 Å². The summed E-state index contributed by atoms with van der Waals surface area (Å²) in [6, 6.07) is 5.01. The van der Waals surface area contributed by atoms with Gasteiger partial charge in [-0.05, 0) is 32.0 Å². The molecule has 14 heavy (non-hydrogen) atoms. The number of rotatable bonds is 1. The van der Waals surface area contributed by atoms with Crippen LogP contribution in [0.5, 0.6) is 0 Å². The molecule has 0 saturated heterocycles. The van der Waals surface area contributed by atoms with Gasteiger partial charge in [-0.2, -0.15) is 0 Å². The van der Waals surface area contributed by atoms with Gasteiger partial charge in [-0.25, -0.2) is 4.39 Å². The molecule has 0 amide bonds. The van der Waals surface area contributed by atoms with Crippen LogP contribution in [0.25, 0.3) is 10.9 Å². The standard InChI is InChI=1S/C11H11ClFN/c1-7(2)14-6-10(12)9-5-8(13)3-4-11(9)14/h3-7H,1-2H3. The number of nitrogens with zero attached hydrogens (tertiary/aromatic N) is 1. The lowest BCUT2D eigenvalue weighted by Gasteiger charge is -2.08. The number of fused-ring (bicyclic) bond motifs is 1. The Morgan fingerprint density at radius 1 is 1.36 bits per heavy atom. The van der Waals surface area contributed by atoms with Crippen LogP contribution in [0, 0.1) is 5.82 Å². The average molecular weight is 212 g/mol. The zero-order valence-corrected chi connectivity index (χ0v) is 8.85. The van der Waals surface area contributed by atoms with Crippen LogP contribution in [0.2, 0.25) is 5.02 Å². The molecule has 0 radical (unpaired) electrons. The van der Waals surface area contributed by atoms with E-state index < -0.39 is 0 Å². The van der Waals surface area contributed by atoms with E-state index >= 15 is 0 Å². The van der Waals surface area contributed by atoms with Crippen molar-refractivity contribution >= 4 is 22.5 Å². The SMILES string of the molecule is CC(C)n1cc(Cl)c2cc(F)ccc21. The Morgan fingerprint density at radius 2 is 2.07 bits per heavy atom. The van der Waals surface area contributed by atoms with E-state index in [-0.39, 0.29) is 5.82 Å². The van der Waals surface area contributed by atoms with Gasteiger partial charge in [-0.3, -0.25) is 0 Å². The second-order valence-corrected chi connectivity index (χ2v) is 4.05. The van der Waals surface area contributed by atoms with Crippen LogP contribution < -0.4 is 0 Å². The van der Waals surface area contributed by atoms with Gasteiger partial charge >= 0.3 is 0 Å². The monoisotopic (exact) mass is 211 g/mol. The van der Waals surface area contributed by atoms with Crippen LogP contribution in [-0.4, -0.2) is 4.57 Å². The summed E-state index contributed by atoms with van der Waals surface area (Å²) < 4.78 is 15.0. The van der Waals surface area contributed by atoms with Gasteiger partial charge in [-0.15, -0.1) is 0 Å². The fourth-order valence-corrected chi connectivity index (χ4v) is 1.87. The molecule has 0 bridgehead atoms. The number of hydrogen-bond acceptors (Lipinski definition) is 0. The highest BCUT2D eigenvalue weighted by molar-refractivity contribution is 6.35. The minimum atomic E-state index is -0.249. The van der Waals surface area contributed by atoms with E-state index in [4.69, 9.17) is 11.6 Å². The van der Waals surface area contributed by atoms with Crippen molar-refractivity contribution < 1.29 is 4.39 Å². The molecule has 0 fully saturated rings. The number of halogens is 2. The maximum absolute atomic E-state index is 13.0. The van der Waals surface area contributed by atoms with Crippen LogP contribution >= 0.6 is 11.6 Å². The third-order valence-corrected chi connectivity index (χ3v) is 2.60. The van der Waals surface area contributed by atoms with E-state index in [0.717, 1.165) is 10.9 Å². The molecular weight excluding hydrogens is 201 g/mol. The Labute approximate surface area is 87.1 Å². The van der Waals surface area contributed by atoms with Crippen LogP contribution in [0.15, 0.2) is 24.4 Å². The van der Waals surface area contributed by atoms with Gasteiger partial charge in [0, 0.05) is 23.1 Å². The lowest BCUT2D eigenvalue weighted by molar-refractivity contribution is 0.618. The van der Waals surface area contributed by atoms with Crippen molar-refractivity contribution in [3.05, 3.63) is 35.2 Å². The fourth-order valence-electron chi connectivity index (χ4n) is 1.61. The first-order valence-electron chi connectivity index (χ1n) is 4.55. The van der Waals surface area contributed by atoms with Crippen LogP contribution in [0.4, 0.5) is 4.39 Å². The number of aromatic nitrogens is 1. The molecule has 3 heteroatoms. The van der Waals surface area contributed by atoms with E-state index in [1.54, 1.807) is 6.07 Å². The molecule has 0 spiro atoms. The van der Waals surface area contributed by atoms with Crippen molar-refractivity contribution in [2.24, 2.45) is 0 Å². The molecule has 0 unspecified atom stereocenters. The molecule has 0 aliphatic carbocycles. The lowest BCUT2D eigenvalue weighted by Crippen LogP contribution is -1.97. The van der Waals surface area contributed by atoms with Gasteiger partial charge in [0.15, 0.2) is 0 Å². The first-order chi connectivity index (χ1) is 6.59. The summed E-state index contributed by atoms with van der Waals surface area (Å²) in [5.41, 5.74) is 0.978. The highest BCUT2D eigenvalue weighted by atomic mass is 35.5. The summed E-state index contributed by atoms with van der Waals surface area (Å²) in [6.45, 7) is 4.14. The third kappa shape index (κ3) is 1.40. The minimum absolute atomic E-state index is 0.249. The smallest absolute Gasteiger partial charge is 0.124 e. The zero-order chi connectivity index (χ0) is 10.3. The summed E-state index contributed by atoms with van der Waals surface area (Å²) in [4.78, 5) is 0. The highest BCUT2D eigenvalue weighted by Crippen LogP contribution is 2.28. The first-order valence-corrected chi connectivity index (χ1v) is 4.93. The predicted molar refractivity (Wildman–Crippen MR) is 57.3 cm³/mol. The van der Waals surface area contributed by atoms with Crippen molar-refractivity contribution in [3.63, 3.8) is 0 Å². The fraction of sp³-hybridized carbons (Fsp3) is 0.273. The van der Waals surface area contributed by atoms with Gasteiger partial charge in [0.05, 0.1) is 5.02 Å². The third-order valence-electron chi connectivity index (χ3n) is 2.30. The predicted octanol–water partition coefficient (Wildman–Crippen LogP) is 4.01. The van der Waals surface area contributed by atoms with E-state index in [2.05, 4.69) is 13.8 Å². The summed E-state index contributed by atoms with van der Waals surface area (Å²) in [5.74, 6) is -0.249. The van der Waals surface area contributed by atoms with Crippen LogP contribution in [-0.2, 0) is 0 Å². The van der Waals surface area contributed by atoms with Crippen molar-refractivity contribution in [3.8, 4) is 0 Å². The second kappa shape index (κ2) is 3.28. The quantitative estimate of drug-likeness (QED) is 0.672. The van der Waals surface area contributed by atoms with E-state index in [1.807, 2.05) is 10.8 Å². The van der Waals surface area contributed by atoms with E-state index in [9.17, 15) is 4.39 Å². The maximum atomic E-state index is 13.0. The van der Waals surface area contributed by atoms with Gasteiger partial charge in [-0.1, -0.05) is 11.6 Å². The summed E-state index contributed by atoms with van der Waals surface area (Å²) in [7, 11) is 0. The van der Waals surface area contributed by atoms with E-state index in [1.165, 1.54) is 12.1 Å². The molecule has 0 N–H and O–H groups in total. The topological polar surface area (TPSA) is 4.93 Å². The molecule has 1 heterocycles. The summed E-state index contributed by atoms with van der Waals surface area (Å²) in [5, 5.41) is 1.38. The Morgan fingerprint density at radius 3 is 2.71 bits per heavy atom. The van der Waals surface area contributed by atoms with Crippen molar-refractivity contribution in [2.75, 3.05) is 0 Å². The maximum Gasteiger partial charge on any atom is 0.124 e. The highest BCUT2D eigenvalue weighted by Gasteiger charge is 2.09. The summed E-state index contributed by atoms with van der Waals surface area (Å²) >= 11 is 6.01. The largest absolute Gasteiger partial charge is 0.343 e. The van der Waals surface area contributed by atoms with Gasteiger partial charge < -0.3 is 4.57 Å². The molecule has 0 aliphatic rings. The van der Waals surface area contributed by atoms with Crippen LogP contribution in [0.3, 0.4) is 0 Å². The lowest BCUT2D eigenvalue weighted by atomic mass is 10.2. The van der Waals surface area contributed by atoms with Gasteiger partial charge in [0.1, 0.15) is 5.82 Å². The second-order valence-electron chi connectivity index (χ2n) is 3.64. The van der Waals surface area contributed by atoms with Crippen molar-refractivity contribution in [1.29, 1.82) is 0 Å². The van der Waals surface area contributed by atoms with Crippen molar-refractivity contribution in [1.82, 2.24) is 4.57 Å². The van der Waals surface area contributed by atoms with Crippen LogP contribution in [0.1, 0.15) is 19.9 Å².